The van der Waals surface area contributed by atoms with E-state index in [4.69, 9.17) is 0 Å². The highest BCUT2D eigenvalue weighted by molar-refractivity contribution is 7.99. The monoisotopic (exact) mass is 363 g/mol. The molecule has 1 aliphatic rings. The molecule has 0 spiro atoms. The highest BCUT2D eigenvalue weighted by atomic mass is 32.2. The van der Waals surface area contributed by atoms with E-state index in [9.17, 15) is 4.79 Å². The van der Waals surface area contributed by atoms with E-state index in [1.165, 1.54) is 11.8 Å². The van der Waals surface area contributed by atoms with Gasteiger partial charge in [-0.15, -0.1) is 10.2 Å². The molecule has 26 heavy (non-hydrogen) atoms. The average molecular weight is 363 g/mol. The van der Waals surface area contributed by atoms with Crippen molar-refractivity contribution in [2.45, 2.75) is 23.0 Å². The molecule has 8 nitrogen and oxygen atoms in total. The van der Waals surface area contributed by atoms with Crippen molar-refractivity contribution in [2.24, 2.45) is 5.92 Å². The van der Waals surface area contributed by atoms with Crippen LogP contribution in [-0.4, -0.2) is 42.9 Å². The molecule has 4 heterocycles. The van der Waals surface area contributed by atoms with Gasteiger partial charge in [0.1, 0.15) is 12.9 Å². The van der Waals surface area contributed by atoms with Crippen molar-refractivity contribution in [3.8, 4) is 0 Å². The van der Waals surface area contributed by atoms with Gasteiger partial charge in [0.25, 0.3) is 0 Å². The van der Waals surface area contributed by atoms with Gasteiger partial charge >= 0.3 is 0 Å². The van der Waals surface area contributed by atoms with E-state index < -0.39 is 0 Å². The first-order chi connectivity index (χ1) is 12.7. The van der Waals surface area contributed by atoms with E-state index in [1.54, 1.807) is 10.7 Å². The molecular weight excluding hydrogens is 349 g/mol. The molecular formula is C16H14BN7OS. The van der Waals surface area contributed by atoms with Crippen LogP contribution in [0.4, 0.5) is 5.82 Å². The number of hydrogen-bond donors (Lipinski definition) is 1. The number of carbonyl (C=O) groups excluding carboxylic acids is 1. The van der Waals surface area contributed by atoms with Gasteiger partial charge in [0.05, 0.1) is 6.20 Å². The van der Waals surface area contributed by atoms with Crippen molar-refractivity contribution in [1.29, 1.82) is 0 Å². The summed E-state index contributed by atoms with van der Waals surface area (Å²) in [5.74, 6) is 0.706. The molecule has 0 aromatic carbocycles. The van der Waals surface area contributed by atoms with Crippen LogP contribution in [0.25, 0.3) is 11.3 Å². The van der Waals surface area contributed by atoms with E-state index in [2.05, 4.69) is 25.6 Å². The van der Waals surface area contributed by atoms with E-state index in [0.717, 1.165) is 34.1 Å². The number of rotatable bonds is 4. The smallest absolute Gasteiger partial charge is 0.228 e. The zero-order valence-electron chi connectivity index (χ0n) is 14.0. The number of aromatic nitrogens is 6. The molecule has 0 unspecified atom stereocenters. The molecule has 1 N–H and O–H groups in total. The summed E-state index contributed by atoms with van der Waals surface area (Å²) in [6.07, 6.45) is 5.65. The van der Waals surface area contributed by atoms with E-state index >= 15 is 0 Å². The fraction of sp³-hybridized carbons (Fsp3) is 0.188. The second-order valence-corrected chi connectivity index (χ2v) is 7.37. The molecule has 1 amide bonds. The van der Waals surface area contributed by atoms with Gasteiger partial charge in [-0.1, -0.05) is 11.5 Å². The number of fused-ring (bicyclic) bond motifs is 2. The third-order valence-electron chi connectivity index (χ3n) is 4.21. The summed E-state index contributed by atoms with van der Waals surface area (Å²) in [4.78, 5) is 16.3. The number of hydrogen-bond acceptors (Lipinski definition) is 6. The second kappa shape index (κ2) is 5.84. The van der Waals surface area contributed by atoms with Crippen LogP contribution in [-0.2, 0) is 4.79 Å². The standard InChI is InChI=1S/C16H14BN7OS/c17-10-3-4-13-20-21-16(23(13)7-10)26-14-6-5-12-18-11(8-24(12)22-14)19-15(25)9-1-2-9/h3-9H,1-2,17H2,(H,19,25). The molecule has 0 aliphatic heterocycles. The molecule has 1 fully saturated rings. The molecule has 10 heteroatoms. The number of anilines is 1. The summed E-state index contributed by atoms with van der Waals surface area (Å²) < 4.78 is 3.61. The van der Waals surface area contributed by atoms with Crippen LogP contribution in [0, 0.1) is 5.92 Å². The minimum absolute atomic E-state index is 0.0355. The summed E-state index contributed by atoms with van der Waals surface area (Å²) in [6.45, 7) is 0. The Morgan fingerprint density at radius 3 is 2.85 bits per heavy atom. The summed E-state index contributed by atoms with van der Waals surface area (Å²) in [6, 6.07) is 7.70. The van der Waals surface area contributed by atoms with Crippen molar-refractivity contribution in [3.05, 3.63) is 36.7 Å². The molecule has 0 saturated heterocycles. The van der Waals surface area contributed by atoms with Crippen LogP contribution in [0.2, 0.25) is 0 Å². The summed E-state index contributed by atoms with van der Waals surface area (Å²) in [5.41, 5.74) is 2.61. The van der Waals surface area contributed by atoms with Gasteiger partial charge in [-0.25, -0.2) is 9.50 Å². The molecule has 5 rings (SSSR count). The third kappa shape index (κ3) is 2.82. The Kier molecular flexibility index (Phi) is 3.45. The van der Waals surface area contributed by atoms with Crippen LogP contribution in [0.15, 0.2) is 46.8 Å². The number of nitrogens with one attached hydrogen (secondary N) is 1. The largest absolute Gasteiger partial charge is 0.309 e. The Bertz CT molecular complexity index is 1150. The highest BCUT2D eigenvalue weighted by Crippen LogP contribution is 2.30. The topological polar surface area (TPSA) is 89.5 Å². The SMILES string of the molecule is Bc1ccc2nnc(Sc3ccc4nc(NC(=O)C5CC5)cn4n3)n2c1. The fourth-order valence-electron chi connectivity index (χ4n) is 2.69. The lowest BCUT2D eigenvalue weighted by Gasteiger charge is -2.01. The zero-order valence-corrected chi connectivity index (χ0v) is 14.8. The molecule has 1 aliphatic carbocycles. The average Bonchev–Trinajstić information content (AvgIpc) is 3.30. The Hall–Kier alpha value is -2.88. The van der Waals surface area contributed by atoms with Crippen molar-refractivity contribution >= 4 is 48.1 Å². The molecule has 0 atom stereocenters. The number of nitrogens with zero attached hydrogens (tertiary/aromatic N) is 6. The number of imidazole rings is 1. The summed E-state index contributed by atoms with van der Waals surface area (Å²) >= 11 is 1.43. The van der Waals surface area contributed by atoms with E-state index in [-0.39, 0.29) is 11.8 Å². The van der Waals surface area contributed by atoms with Gasteiger partial charge in [-0.3, -0.25) is 9.20 Å². The van der Waals surface area contributed by atoms with Gasteiger partial charge in [-0.2, -0.15) is 5.10 Å². The number of carbonyl (C=O) groups is 1. The molecule has 1 saturated carbocycles. The Labute approximate surface area is 153 Å². The molecule has 4 aromatic heterocycles. The zero-order chi connectivity index (χ0) is 17.7. The molecule has 4 aromatic rings. The third-order valence-corrected chi connectivity index (χ3v) is 5.10. The maximum atomic E-state index is 11.9. The quantitative estimate of drug-likeness (QED) is 0.532. The van der Waals surface area contributed by atoms with E-state index in [1.807, 2.05) is 42.7 Å². The number of amides is 1. The van der Waals surface area contributed by atoms with Gasteiger partial charge in [0.15, 0.2) is 17.1 Å². The highest BCUT2D eigenvalue weighted by Gasteiger charge is 2.30. The van der Waals surface area contributed by atoms with Gasteiger partial charge in [0.2, 0.25) is 11.1 Å². The molecule has 0 radical (unpaired) electrons. The first-order valence-electron chi connectivity index (χ1n) is 8.32. The lowest BCUT2D eigenvalue weighted by atomic mass is 9.99. The normalized spacial score (nSPS) is 14.2. The van der Waals surface area contributed by atoms with Crippen molar-refractivity contribution < 1.29 is 4.79 Å². The number of pyridine rings is 1. The maximum absolute atomic E-state index is 11.9. The predicted molar refractivity (Wildman–Crippen MR) is 99.6 cm³/mol. The minimum Gasteiger partial charge on any atom is -0.309 e. The minimum atomic E-state index is 0.0355. The van der Waals surface area contributed by atoms with Gasteiger partial charge in [-0.05, 0) is 42.8 Å². The second-order valence-electron chi connectivity index (χ2n) is 6.38. The molecule has 128 valence electrons. The lowest BCUT2D eigenvalue weighted by Crippen LogP contribution is -2.13. The van der Waals surface area contributed by atoms with Gasteiger partial charge in [0, 0.05) is 12.1 Å². The first kappa shape index (κ1) is 15.4. The van der Waals surface area contributed by atoms with E-state index in [0.29, 0.717) is 11.5 Å². The molecule has 0 bridgehead atoms. The van der Waals surface area contributed by atoms with Crippen molar-refractivity contribution in [1.82, 2.24) is 29.2 Å². The predicted octanol–water partition coefficient (Wildman–Crippen LogP) is 0.530. The van der Waals surface area contributed by atoms with Crippen LogP contribution in [0.3, 0.4) is 0 Å². The maximum Gasteiger partial charge on any atom is 0.228 e. The first-order valence-corrected chi connectivity index (χ1v) is 9.14. The van der Waals surface area contributed by atoms with Crippen molar-refractivity contribution in [2.75, 3.05) is 5.32 Å². The lowest BCUT2D eigenvalue weighted by molar-refractivity contribution is -0.117. The summed E-state index contributed by atoms with van der Waals surface area (Å²) in [5, 5.41) is 17.3. The van der Waals surface area contributed by atoms with Gasteiger partial charge < -0.3 is 5.32 Å². The van der Waals surface area contributed by atoms with Crippen LogP contribution >= 0.6 is 11.8 Å². The van der Waals surface area contributed by atoms with Crippen LogP contribution < -0.4 is 10.8 Å². The van der Waals surface area contributed by atoms with Crippen molar-refractivity contribution in [3.63, 3.8) is 0 Å². The summed E-state index contributed by atoms with van der Waals surface area (Å²) in [7, 11) is 2.03. The van der Waals surface area contributed by atoms with Crippen LogP contribution in [0.5, 0.6) is 0 Å². The van der Waals surface area contributed by atoms with Crippen LogP contribution in [0.1, 0.15) is 12.8 Å². The Balaban J connectivity index is 1.43. The Morgan fingerprint density at radius 2 is 2.00 bits per heavy atom. The fourth-order valence-corrected chi connectivity index (χ4v) is 3.47. The Morgan fingerprint density at radius 1 is 1.15 bits per heavy atom.